The number of amides is 5. The number of hydrogen-bond acceptors (Lipinski definition) is 12. The van der Waals surface area contributed by atoms with Gasteiger partial charge in [0, 0.05) is 6.42 Å². The molecule has 0 saturated carbocycles. The normalized spacial score (nSPS) is 21.6. The smallest absolute Gasteiger partial charge is 0.335 e. The first-order valence-electron chi connectivity index (χ1n) is 16.5. The van der Waals surface area contributed by atoms with Crippen LogP contribution < -0.4 is 32.3 Å². The molecule has 18 heteroatoms. The molecule has 5 amide bonds. The summed E-state index contributed by atoms with van der Waals surface area (Å²) >= 11 is 0. The van der Waals surface area contributed by atoms with E-state index in [4.69, 9.17) is 10.5 Å². The molecule has 1 aliphatic heterocycles. The number of aliphatic hydroxyl groups is 3. The van der Waals surface area contributed by atoms with Crippen molar-refractivity contribution in [1.82, 2.24) is 26.6 Å². The van der Waals surface area contributed by atoms with Crippen LogP contribution in [0.2, 0.25) is 0 Å². The van der Waals surface area contributed by atoms with Gasteiger partial charge in [-0.3, -0.25) is 24.0 Å². The summed E-state index contributed by atoms with van der Waals surface area (Å²) in [5, 5.41) is 61.3. The Morgan fingerprint density at radius 2 is 1.35 bits per heavy atom. The van der Waals surface area contributed by atoms with Crippen molar-refractivity contribution < 1.29 is 59.0 Å². The van der Waals surface area contributed by atoms with E-state index in [2.05, 4.69) is 26.6 Å². The number of phenolic OH excluding ortho intramolecular Hbond substituents is 1. The second-order valence-corrected chi connectivity index (χ2v) is 12.8. The molecule has 3 rings (SSSR count). The van der Waals surface area contributed by atoms with Gasteiger partial charge in [-0.1, -0.05) is 56.3 Å². The molecule has 0 radical (unpaired) electrons. The number of aliphatic carboxylic acids is 1. The minimum atomic E-state index is -1.97. The van der Waals surface area contributed by atoms with Gasteiger partial charge in [0.05, 0.1) is 19.1 Å². The number of phenols is 1. The van der Waals surface area contributed by atoms with Crippen molar-refractivity contribution >= 4 is 35.5 Å². The Morgan fingerprint density at radius 3 is 1.96 bits per heavy atom. The van der Waals surface area contributed by atoms with E-state index >= 15 is 0 Å². The fraction of sp³-hybridized carbons (Fsp3) is 0.471. The number of carboxylic acid groups (broad SMARTS) is 1. The molecule has 18 nitrogen and oxygen atoms in total. The maximum Gasteiger partial charge on any atom is 0.335 e. The van der Waals surface area contributed by atoms with Gasteiger partial charge in [-0.2, -0.15) is 0 Å². The van der Waals surface area contributed by atoms with Gasteiger partial charge >= 0.3 is 5.97 Å². The minimum absolute atomic E-state index is 0.0216. The zero-order valence-electron chi connectivity index (χ0n) is 28.6. The van der Waals surface area contributed by atoms with E-state index in [0.717, 1.165) is 0 Å². The highest BCUT2D eigenvalue weighted by atomic mass is 16.6. The van der Waals surface area contributed by atoms with Gasteiger partial charge in [0.15, 0.2) is 12.3 Å². The topological polar surface area (TPSA) is 299 Å². The Hall–Kier alpha value is -5.14. The van der Waals surface area contributed by atoms with Gasteiger partial charge in [-0.05, 0) is 42.0 Å². The first-order valence-corrected chi connectivity index (χ1v) is 16.5. The predicted octanol–water partition coefficient (Wildman–Crippen LogP) is -3.24. The average molecular weight is 731 g/mol. The van der Waals surface area contributed by atoms with Crippen LogP contribution in [0, 0.1) is 5.92 Å². The van der Waals surface area contributed by atoms with Crippen molar-refractivity contribution in [3.8, 4) is 5.75 Å². The van der Waals surface area contributed by atoms with Gasteiger partial charge in [-0.15, -0.1) is 0 Å². The summed E-state index contributed by atoms with van der Waals surface area (Å²) in [6.45, 7) is 2.46. The number of nitrogens with one attached hydrogen (secondary N) is 5. The van der Waals surface area contributed by atoms with Crippen LogP contribution in [0.3, 0.4) is 0 Å². The van der Waals surface area contributed by atoms with Crippen LogP contribution in [-0.2, 0) is 46.3 Å². The maximum absolute atomic E-state index is 13.6. The monoisotopic (exact) mass is 730 g/mol. The lowest BCUT2D eigenvalue weighted by atomic mass is 9.97. The molecule has 0 spiro atoms. The lowest BCUT2D eigenvalue weighted by Crippen LogP contribution is -2.65. The number of carboxylic acids is 1. The summed E-state index contributed by atoms with van der Waals surface area (Å²) in [7, 11) is 0. The largest absolute Gasteiger partial charge is 0.508 e. The highest BCUT2D eigenvalue weighted by Crippen LogP contribution is 2.21. The van der Waals surface area contributed by atoms with Crippen molar-refractivity contribution in [3.05, 3.63) is 65.7 Å². The fourth-order valence-corrected chi connectivity index (χ4v) is 5.24. The number of benzene rings is 2. The molecule has 0 unspecified atom stereocenters. The van der Waals surface area contributed by atoms with Gasteiger partial charge in [0.2, 0.25) is 29.5 Å². The number of aliphatic hydroxyl groups excluding tert-OH is 3. The molecule has 52 heavy (non-hydrogen) atoms. The van der Waals surface area contributed by atoms with Gasteiger partial charge in [-0.25, -0.2) is 4.79 Å². The SMILES string of the molecule is CC(C)C[C@@H](NC(=O)[C@@H](Cc1ccccc1)NC(=O)CNC(=O)CNC(=O)[C@H](N)Cc1ccc(O)cc1)C(=O)N[C@@H]1O[C@H](C(=O)O)[C@@H](O)[C@H](O)[C@H]1O. The lowest BCUT2D eigenvalue weighted by molar-refractivity contribution is -0.233. The van der Waals surface area contributed by atoms with E-state index in [1.807, 2.05) is 0 Å². The number of nitrogens with two attached hydrogens (primary N) is 1. The van der Waals surface area contributed by atoms with Crippen LogP contribution in [0.1, 0.15) is 31.4 Å². The Morgan fingerprint density at radius 1 is 0.731 bits per heavy atom. The Balaban J connectivity index is 1.61. The molecule has 0 aliphatic carbocycles. The van der Waals surface area contributed by atoms with Crippen molar-refractivity contribution in [3.63, 3.8) is 0 Å². The average Bonchev–Trinajstić information content (AvgIpc) is 3.10. The Labute approximate surface area is 299 Å². The van der Waals surface area contributed by atoms with Crippen LogP contribution >= 0.6 is 0 Å². The van der Waals surface area contributed by atoms with Crippen LogP contribution in [0.5, 0.6) is 5.75 Å². The summed E-state index contributed by atoms with van der Waals surface area (Å²) < 4.78 is 5.14. The van der Waals surface area contributed by atoms with Gasteiger partial charge in [0.1, 0.15) is 36.1 Å². The molecular formula is C34H46N6O12. The number of carbonyl (C=O) groups excluding carboxylic acids is 5. The van der Waals surface area contributed by atoms with E-state index in [-0.39, 0.29) is 30.9 Å². The second kappa shape index (κ2) is 19.5. The number of carbonyl (C=O) groups is 6. The maximum atomic E-state index is 13.6. The number of rotatable bonds is 17. The highest BCUT2D eigenvalue weighted by Gasteiger charge is 2.48. The standard InChI is InChI=1S/C34H46N6O12/c1-17(2)12-22(32(49)40-33-28(46)26(44)27(45)29(52-33)34(50)51)39-31(48)23(14-18-6-4-3-5-7-18)38-25(43)16-36-24(42)15-37-30(47)21(35)13-19-8-10-20(41)11-9-19/h3-11,17,21-23,26-29,33,41,44-46H,12-16,35H2,1-2H3,(H,36,42)(H,37,47)(H,38,43)(H,39,48)(H,40,49)(H,50,51)/t21-,22-,23-,26+,27+,28-,29+,33-/m1/s1. The summed E-state index contributed by atoms with van der Waals surface area (Å²) in [4.78, 5) is 76.1. The number of aromatic hydroxyl groups is 1. The minimum Gasteiger partial charge on any atom is -0.508 e. The van der Waals surface area contributed by atoms with Crippen LogP contribution in [0.15, 0.2) is 54.6 Å². The van der Waals surface area contributed by atoms with E-state index in [9.17, 15) is 54.3 Å². The van der Waals surface area contributed by atoms with Crippen molar-refractivity contribution in [2.45, 2.75) is 81.9 Å². The molecule has 2 aromatic carbocycles. The molecule has 2 aromatic rings. The van der Waals surface area contributed by atoms with E-state index in [1.165, 1.54) is 12.1 Å². The van der Waals surface area contributed by atoms with Gasteiger partial charge < -0.3 is 62.6 Å². The molecule has 1 fully saturated rings. The molecule has 0 bridgehead atoms. The van der Waals surface area contributed by atoms with Crippen molar-refractivity contribution in [2.24, 2.45) is 11.7 Å². The third-order valence-corrected chi connectivity index (χ3v) is 8.01. The zero-order chi connectivity index (χ0) is 38.5. The Kier molecular flexibility index (Phi) is 15.5. The molecule has 1 saturated heterocycles. The number of hydrogen-bond donors (Lipinski definition) is 11. The van der Waals surface area contributed by atoms with Crippen molar-refractivity contribution in [1.29, 1.82) is 0 Å². The molecule has 0 aromatic heterocycles. The molecule has 284 valence electrons. The van der Waals surface area contributed by atoms with E-state index in [1.54, 1.807) is 56.3 Å². The van der Waals surface area contributed by atoms with Crippen LogP contribution in [0.25, 0.3) is 0 Å². The quantitative estimate of drug-likeness (QED) is 0.0764. The molecule has 1 heterocycles. The lowest BCUT2D eigenvalue weighted by Gasteiger charge is -2.39. The van der Waals surface area contributed by atoms with Crippen LogP contribution in [-0.4, -0.2) is 123 Å². The Bertz CT molecular complexity index is 1540. The molecule has 12 N–H and O–H groups in total. The van der Waals surface area contributed by atoms with Crippen LogP contribution in [0.4, 0.5) is 0 Å². The summed E-state index contributed by atoms with van der Waals surface area (Å²) in [5.41, 5.74) is 7.25. The number of ether oxygens (including phenoxy) is 1. The first kappa shape index (κ1) is 41.3. The van der Waals surface area contributed by atoms with E-state index < -0.39 is 97.4 Å². The predicted molar refractivity (Wildman–Crippen MR) is 182 cm³/mol. The third kappa shape index (κ3) is 12.6. The third-order valence-electron chi connectivity index (χ3n) is 8.01. The molecular weight excluding hydrogens is 684 g/mol. The summed E-state index contributed by atoms with van der Waals surface area (Å²) in [6, 6.07) is 11.2. The first-order chi connectivity index (χ1) is 24.5. The molecule has 8 atom stereocenters. The highest BCUT2D eigenvalue weighted by molar-refractivity contribution is 5.94. The zero-order valence-corrected chi connectivity index (χ0v) is 28.6. The van der Waals surface area contributed by atoms with Gasteiger partial charge in [0.25, 0.3) is 0 Å². The van der Waals surface area contributed by atoms with E-state index in [0.29, 0.717) is 11.1 Å². The second-order valence-electron chi connectivity index (χ2n) is 12.8. The summed E-state index contributed by atoms with van der Waals surface area (Å²) in [6.07, 6.45) is -9.36. The molecule has 1 aliphatic rings. The summed E-state index contributed by atoms with van der Waals surface area (Å²) in [5.74, 6) is -5.55. The fourth-order valence-electron chi connectivity index (χ4n) is 5.24. The van der Waals surface area contributed by atoms with Crippen molar-refractivity contribution in [2.75, 3.05) is 13.1 Å².